The molecule has 2 rings (SSSR count). The van der Waals surface area contributed by atoms with Crippen molar-refractivity contribution in [3.05, 3.63) is 52.8 Å². The molecule has 0 bridgehead atoms. The Kier molecular flexibility index (Phi) is 4.30. The topological polar surface area (TPSA) is 77.3 Å². The van der Waals surface area contributed by atoms with Gasteiger partial charge in [0.05, 0.1) is 12.0 Å². The molecule has 0 amide bonds. The van der Waals surface area contributed by atoms with Crippen molar-refractivity contribution in [2.24, 2.45) is 10.7 Å². The second kappa shape index (κ2) is 6.15. The van der Waals surface area contributed by atoms with E-state index in [2.05, 4.69) is 15.2 Å². The largest absolute Gasteiger partial charge is 0.420 e. The number of nitrogens with two attached hydrogens (primary N) is 1. The van der Waals surface area contributed by atoms with Crippen molar-refractivity contribution in [2.45, 2.75) is 6.42 Å². The van der Waals surface area contributed by atoms with Gasteiger partial charge in [0.2, 0.25) is 5.89 Å². The predicted molar refractivity (Wildman–Crippen MR) is 75.1 cm³/mol. The van der Waals surface area contributed by atoms with Crippen LogP contribution in [0.2, 0.25) is 5.02 Å². The summed E-state index contributed by atoms with van der Waals surface area (Å²) in [5.74, 6) is 0.873. The molecule has 0 aliphatic heterocycles. The van der Waals surface area contributed by atoms with Gasteiger partial charge in [0.1, 0.15) is 0 Å². The minimum Gasteiger partial charge on any atom is -0.420 e. The summed E-state index contributed by atoms with van der Waals surface area (Å²) < 4.78 is 5.53. The molecule has 1 heterocycles. The molecular weight excluding hydrogens is 264 g/mol. The third-order valence-corrected chi connectivity index (χ3v) is 2.68. The van der Waals surface area contributed by atoms with Gasteiger partial charge in [0.25, 0.3) is 5.89 Å². The molecule has 0 aliphatic carbocycles. The fraction of sp³-hybridized carbons (Fsp3) is 0.154. The summed E-state index contributed by atoms with van der Waals surface area (Å²) >= 11 is 5.83. The van der Waals surface area contributed by atoms with Gasteiger partial charge in [-0.25, -0.2) is 0 Å². The van der Waals surface area contributed by atoms with Crippen LogP contribution in [0.1, 0.15) is 17.3 Å². The van der Waals surface area contributed by atoms with Gasteiger partial charge in [0, 0.05) is 24.5 Å². The van der Waals surface area contributed by atoms with Gasteiger partial charge in [-0.05, 0) is 17.7 Å². The van der Waals surface area contributed by atoms with Crippen LogP contribution in [0.15, 0.2) is 39.9 Å². The molecule has 0 fully saturated rings. The van der Waals surface area contributed by atoms with Crippen molar-refractivity contribution < 1.29 is 4.42 Å². The van der Waals surface area contributed by atoms with Crippen LogP contribution in [0.4, 0.5) is 0 Å². The normalized spacial score (nSPS) is 12.2. The van der Waals surface area contributed by atoms with E-state index in [-0.39, 0.29) is 0 Å². The van der Waals surface area contributed by atoms with Crippen LogP contribution in [0.5, 0.6) is 0 Å². The molecule has 0 atom stereocenters. The average molecular weight is 277 g/mol. The molecule has 2 N–H and O–H groups in total. The van der Waals surface area contributed by atoms with E-state index in [1.165, 1.54) is 6.20 Å². The van der Waals surface area contributed by atoms with Crippen LogP contribution in [0.3, 0.4) is 0 Å². The maximum Gasteiger partial charge on any atom is 0.250 e. The van der Waals surface area contributed by atoms with Gasteiger partial charge < -0.3 is 10.2 Å². The maximum absolute atomic E-state index is 5.83. The fourth-order valence-electron chi connectivity index (χ4n) is 1.53. The second-order valence-corrected chi connectivity index (χ2v) is 4.25. The Morgan fingerprint density at radius 3 is 2.74 bits per heavy atom. The SMILES string of the molecule is CN=C/C(=C\N)c1nnc(Cc2ccc(Cl)cc2)o1. The molecule has 0 aliphatic rings. The molecule has 6 heteroatoms. The summed E-state index contributed by atoms with van der Waals surface area (Å²) in [5, 5.41) is 8.61. The highest BCUT2D eigenvalue weighted by Gasteiger charge is 2.09. The van der Waals surface area contributed by atoms with E-state index in [9.17, 15) is 0 Å². The number of nitrogens with zero attached hydrogens (tertiary/aromatic N) is 3. The van der Waals surface area contributed by atoms with Gasteiger partial charge in [-0.1, -0.05) is 23.7 Å². The molecule has 2 aromatic rings. The number of halogens is 1. The Balaban J connectivity index is 2.15. The van der Waals surface area contributed by atoms with E-state index in [0.717, 1.165) is 5.56 Å². The first-order valence-electron chi connectivity index (χ1n) is 5.64. The highest BCUT2D eigenvalue weighted by atomic mass is 35.5. The zero-order valence-electron chi connectivity index (χ0n) is 10.4. The van der Waals surface area contributed by atoms with E-state index in [1.807, 2.05) is 24.3 Å². The summed E-state index contributed by atoms with van der Waals surface area (Å²) in [6.45, 7) is 0. The van der Waals surface area contributed by atoms with E-state index >= 15 is 0 Å². The molecular formula is C13H13ClN4O. The van der Waals surface area contributed by atoms with E-state index in [0.29, 0.717) is 28.8 Å². The molecule has 0 saturated heterocycles. The van der Waals surface area contributed by atoms with Gasteiger partial charge in [-0.2, -0.15) is 0 Å². The monoisotopic (exact) mass is 276 g/mol. The predicted octanol–water partition coefficient (Wildman–Crippen LogP) is 2.31. The maximum atomic E-state index is 5.83. The Bertz CT molecular complexity index is 601. The molecule has 1 aromatic carbocycles. The van der Waals surface area contributed by atoms with Crippen LogP contribution < -0.4 is 5.73 Å². The van der Waals surface area contributed by atoms with Crippen molar-refractivity contribution in [1.29, 1.82) is 0 Å². The molecule has 98 valence electrons. The van der Waals surface area contributed by atoms with E-state index < -0.39 is 0 Å². The average Bonchev–Trinajstić information content (AvgIpc) is 2.87. The summed E-state index contributed by atoms with van der Waals surface area (Å²) in [7, 11) is 1.65. The van der Waals surface area contributed by atoms with Gasteiger partial charge in [-0.3, -0.25) is 4.99 Å². The number of hydrogen-bond acceptors (Lipinski definition) is 5. The Labute approximate surface area is 115 Å². The number of aromatic nitrogens is 2. The molecule has 1 aromatic heterocycles. The Morgan fingerprint density at radius 2 is 2.11 bits per heavy atom. The van der Waals surface area contributed by atoms with Crippen molar-refractivity contribution in [3.8, 4) is 0 Å². The number of aliphatic imine (C=N–C) groups is 1. The van der Waals surface area contributed by atoms with E-state index in [1.54, 1.807) is 13.3 Å². The van der Waals surface area contributed by atoms with Crippen molar-refractivity contribution in [1.82, 2.24) is 10.2 Å². The minimum absolute atomic E-state index is 0.358. The third kappa shape index (κ3) is 3.42. The molecule has 0 unspecified atom stereocenters. The lowest BCUT2D eigenvalue weighted by atomic mass is 10.1. The van der Waals surface area contributed by atoms with Gasteiger partial charge in [-0.15, -0.1) is 10.2 Å². The molecule has 0 radical (unpaired) electrons. The number of allylic oxidation sites excluding steroid dienone is 1. The number of hydrogen-bond donors (Lipinski definition) is 1. The van der Waals surface area contributed by atoms with Crippen molar-refractivity contribution in [2.75, 3.05) is 7.05 Å². The summed E-state index contributed by atoms with van der Waals surface area (Å²) in [4.78, 5) is 3.87. The molecule has 0 spiro atoms. The third-order valence-electron chi connectivity index (χ3n) is 2.43. The molecule has 19 heavy (non-hydrogen) atoms. The van der Waals surface area contributed by atoms with Crippen LogP contribution in [0, 0.1) is 0 Å². The first-order chi connectivity index (χ1) is 9.22. The van der Waals surface area contributed by atoms with Crippen LogP contribution >= 0.6 is 11.6 Å². The summed E-state index contributed by atoms with van der Waals surface area (Å²) in [5.41, 5.74) is 7.11. The van der Waals surface area contributed by atoms with Gasteiger partial charge >= 0.3 is 0 Å². The zero-order valence-corrected chi connectivity index (χ0v) is 11.1. The quantitative estimate of drug-likeness (QED) is 0.869. The van der Waals surface area contributed by atoms with Gasteiger partial charge in [0.15, 0.2) is 0 Å². The highest BCUT2D eigenvalue weighted by molar-refractivity contribution is 6.30. The number of benzene rings is 1. The second-order valence-electron chi connectivity index (χ2n) is 3.81. The summed E-state index contributed by atoms with van der Waals surface area (Å²) in [6, 6.07) is 7.48. The van der Waals surface area contributed by atoms with Crippen LogP contribution in [-0.4, -0.2) is 23.5 Å². The molecule has 5 nitrogen and oxygen atoms in total. The van der Waals surface area contributed by atoms with Crippen LogP contribution in [-0.2, 0) is 6.42 Å². The first-order valence-corrected chi connectivity index (χ1v) is 6.02. The molecule has 0 saturated carbocycles. The first kappa shape index (κ1) is 13.3. The standard InChI is InChI=1S/C13H13ClN4O/c1-16-8-10(7-15)13-18-17-12(19-13)6-9-2-4-11(14)5-3-9/h2-5,7-8H,6,15H2,1H3/b10-7+,16-8?. The van der Waals surface area contributed by atoms with Crippen LogP contribution in [0.25, 0.3) is 5.57 Å². The zero-order chi connectivity index (χ0) is 13.7. The lowest BCUT2D eigenvalue weighted by Gasteiger charge is -1.97. The lowest BCUT2D eigenvalue weighted by Crippen LogP contribution is -1.91. The Hall–Kier alpha value is -2.14. The van der Waals surface area contributed by atoms with Crippen molar-refractivity contribution in [3.63, 3.8) is 0 Å². The van der Waals surface area contributed by atoms with E-state index in [4.69, 9.17) is 21.8 Å². The fourth-order valence-corrected chi connectivity index (χ4v) is 1.65. The number of rotatable bonds is 4. The minimum atomic E-state index is 0.358. The Morgan fingerprint density at radius 1 is 1.37 bits per heavy atom. The highest BCUT2D eigenvalue weighted by Crippen LogP contribution is 2.15. The lowest BCUT2D eigenvalue weighted by molar-refractivity contribution is 0.495. The van der Waals surface area contributed by atoms with Crippen molar-refractivity contribution >= 4 is 23.4 Å². The smallest absolute Gasteiger partial charge is 0.250 e. The summed E-state index contributed by atoms with van der Waals surface area (Å²) in [6.07, 6.45) is 3.50.